The van der Waals surface area contributed by atoms with Crippen LogP contribution in [0.15, 0.2) is 6.07 Å². The van der Waals surface area contributed by atoms with Gasteiger partial charge in [-0.2, -0.15) is 0 Å². The first-order chi connectivity index (χ1) is 7.56. The molecule has 0 amide bonds. The van der Waals surface area contributed by atoms with Crippen molar-refractivity contribution in [2.24, 2.45) is 0 Å². The third kappa shape index (κ3) is 2.25. The van der Waals surface area contributed by atoms with Crippen LogP contribution in [0.4, 0.5) is 0 Å². The van der Waals surface area contributed by atoms with Crippen molar-refractivity contribution in [3.8, 4) is 11.5 Å². The second-order valence-corrected chi connectivity index (χ2v) is 4.12. The van der Waals surface area contributed by atoms with E-state index in [2.05, 4.69) is 0 Å². The second kappa shape index (κ2) is 5.41. The summed E-state index contributed by atoms with van der Waals surface area (Å²) >= 11 is 6.19. The molecule has 0 heterocycles. The lowest BCUT2D eigenvalue weighted by molar-refractivity contribution is 0.269. The number of hydrogen-bond acceptors (Lipinski definition) is 3. The van der Waals surface area contributed by atoms with Crippen molar-refractivity contribution < 1.29 is 14.6 Å². The van der Waals surface area contributed by atoms with Gasteiger partial charge in [-0.3, -0.25) is 0 Å². The fourth-order valence-electron chi connectivity index (χ4n) is 1.69. The molecule has 0 aromatic heterocycles. The van der Waals surface area contributed by atoms with E-state index in [9.17, 15) is 5.11 Å². The van der Waals surface area contributed by atoms with Crippen LogP contribution in [-0.4, -0.2) is 25.9 Å². The molecule has 0 spiro atoms. The molecule has 0 aliphatic heterocycles. The normalized spacial score (nSPS) is 12.4. The van der Waals surface area contributed by atoms with Gasteiger partial charge in [-0.25, -0.2) is 0 Å². The summed E-state index contributed by atoms with van der Waals surface area (Å²) in [5, 5.41) is 9.65. The van der Waals surface area contributed by atoms with Crippen LogP contribution in [-0.2, 0) is 0 Å². The van der Waals surface area contributed by atoms with Crippen molar-refractivity contribution in [2.75, 3.05) is 20.8 Å². The summed E-state index contributed by atoms with van der Waals surface area (Å²) in [4.78, 5) is 0. The van der Waals surface area contributed by atoms with Crippen molar-refractivity contribution in [2.45, 2.75) is 19.8 Å². The van der Waals surface area contributed by atoms with E-state index in [0.717, 1.165) is 11.1 Å². The van der Waals surface area contributed by atoms with E-state index in [4.69, 9.17) is 21.1 Å². The van der Waals surface area contributed by atoms with Gasteiger partial charge >= 0.3 is 0 Å². The van der Waals surface area contributed by atoms with Gasteiger partial charge in [0.2, 0.25) is 0 Å². The molecule has 1 aromatic carbocycles. The first kappa shape index (κ1) is 13.1. The number of methoxy groups -OCH3 is 2. The molecule has 1 atom stereocenters. The van der Waals surface area contributed by atoms with Crippen LogP contribution in [0.1, 0.15) is 24.0 Å². The quantitative estimate of drug-likeness (QED) is 0.885. The molecule has 1 aromatic rings. The van der Waals surface area contributed by atoms with Gasteiger partial charge in [0, 0.05) is 18.1 Å². The Hall–Kier alpha value is -0.930. The van der Waals surface area contributed by atoms with E-state index in [-0.39, 0.29) is 12.5 Å². The maximum absolute atomic E-state index is 9.19. The van der Waals surface area contributed by atoms with Crippen LogP contribution in [0.25, 0.3) is 0 Å². The minimum atomic E-state index is -0.0166. The summed E-state index contributed by atoms with van der Waals surface area (Å²) in [5.41, 5.74) is 1.83. The van der Waals surface area contributed by atoms with Gasteiger partial charge in [0.15, 0.2) is 0 Å². The molecule has 90 valence electrons. The number of rotatable bonds is 4. The van der Waals surface area contributed by atoms with E-state index < -0.39 is 0 Å². The molecule has 0 radical (unpaired) electrons. The highest BCUT2D eigenvalue weighted by molar-refractivity contribution is 6.33. The molecule has 0 saturated carbocycles. The van der Waals surface area contributed by atoms with E-state index in [1.807, 2.05) is 19.9 Å². The van der Waals surface area contributed by atoms with Crippen LogP contribution in [0.2, 0.25) is 5.02 Å². The third-order valence-corrected chi connectivity index (χ3v) is 2.95. The maximum Gasteiger partial charge on any atom is 0.144 e. The first-order valence-electron chi connectivity index (χ1n) is 5.08. The number of aryl methyl sites for hydroxylation is 1. The molecule has 0 bridgehead atoms. The zero-order chi connectivity index (χ0) is 12.3. The maximum atomic E-state index is 9.19. The summed E-state index contributed by atoms with van der Waals surface area (Å²) in [6, 6.07) is 1.93. The molecule has 0 fully saturated rings. The summed E-state index contributed by atoms with van der Waals surface area (Å²) in [6.45, 7) is 3.89. The number of benzene rings is 1. The van der Waals surface area contributed by atoms with Gasteiger partial charge in [-0.1, -0.05) is 18.5 Å². The van der Waals surface area contributed by atoms with E-state index >= 15 is 0 Å². The average Bonchev–Trinajstić information content (AvgIpc) is 2.28. The van der Waals surface area contributed by atoms with Gasteiger partial charge in [0.25, 0.3) is 0 Å². The highest BCUT2D eigenvalue weighted by atomic mass is 35.5. The SMILES string of the molecule is COc1c(C)cc(C(C)CO)c(OC)c1Cl. The zero-order valence-corrected chi connectivity index (χ0v) is 10.8. The smallest absolute Gasteiger partial charge is 0.144 e. The number of ether oxygens (including phenoxy) is 2. The fourth-order valence-corrected chi connectivity index (χ4v) is 2.10. The molecule has 1 rings (SSSR count). The summed E-state index contributed by atoms with van der Waals surface area (Å²) in [6.07, 6.45) is 0. The molecular formula is C12H17ClO3. The highest BCUT2D eigenvalue weighted by Gasteiger charge is 2.19. The molecule has 0 saturated heterocycles. The van der Waals surface area contributed by atoms with E-state index in [0.29, 0.717) is 16.5 Å². The van der Waals surface area contributed by atoms with E-state index in [1.165, 1.54) is 0 Å². The van der Waals surface area contributed by atoms with Crippen molar-refractivity contribution >= 4 is 11.6 Å². The van der Waals surface area contributed by atoms with Gasteiger partial charge in [0.1, 0.15) is 16.5 Å². The standard InChI is InChI=1S/C12H17ClO3/c1-7-5-9(8(2)6-14)12(16-4)10(13)11(7)15-3/h5,8,14H,6H2,1-4H3. The Labute approximate surface area is 101 Å². The minimum Gasteiger partial charge on any atom is -0.495 e. The van der Waals surface area contributed by atoms with Crippen LogP contribution < -0.4 is 9.47 Å². The number of aliphatic hydroxyl groups is 1. The van der Waals surface area contributed by atoms with Gasteiger partial charge < -0.3 is 14.6 Å². The predicted molar refractivity (Wildman–Crippen MR) is 64.8 cm³/mol. The second-order valence-electron chi connectivity index (χ2n) is 3.75. The van der Waals surface area contributed by atoms with Crippen LogP contribution >= 0.6 is 11.6 Å². The lowest BCUT2D eigenvalue weighted by atomic mass is 9.98. The lowest BCUT2D eigenvalue weighted by Gasteiger charge is -2.18. The third-order valence-electron chi connectivity index (χ3n) is 2.60. The van der Waals surface area contributed by atoms with Gasteiger partial charge in [-0.15, -0.1) is 0 Å². The van der Waals surface area contributed by atoms with Crippen molar-refractivity contribution in [3.63, 3.8) is 0 Å². The zero-order valence-electron chi connectivity index (χ0n) is 10.0. The Morgan fingerprint density at radius 1 is 1.31 bits per heavy atom. The Kier molecular flexibility index (Phi) is 4.44. The van der Waals surface area contributed by atoms with Crippen molar-refractivity contribution in [1.82, 2.24) is 0 Å². The Balaban J connectivity index is 3.40. The van der Waals surface area contributed by atoms with Crippen LogP contribution in [0.3, 0.4) is 0 Å². The topological polar surface area (TPSA) is 38.7 Å². The molecule has 3 nitrogen and oxygen atoms in total. The Bertz CT molecular complexity index is 377. The molecular weight excluding hydrogens is 228 g/mol. The molecule has 0 aliphatic carbocycles. The van der Waals surface area contributed by atoms with Crippen LogP contribution in [0.5, 0.6) is 11.5 Å². The largest absolute Gasteiger partial charge is 0.495 e. The monoisotopic (exact) mass is 244 g/mol. The van der Waals surface area contributed by atoms with Crippen molar-refractivity contribution in [3.05, 3.63) is 22.2 Å². The minimum absolute atomic E-state index is 0.0166. The summed E-state index contributed by atoms with van der Waals surface area (Å²) < 4.78 is 10.5. The Morgan fingerprint density at radius 2 is 1.88 bits per heavy atom. The summed E-state index contributed by atoms with van der Waals surface area (Å²) in [7, 11) is 3.13. The van der Waals surface area contributed by atoms with Gasteiger partial charge in [-0.05, 0) is 18.6 Å². The fraction of sp³-hybridized carbons (Fsp3) is 0.500. The van der Waals surface area contributed by atoms with E-state index in [1.54, 1.807) is 14.2 Å². The molecule has 0 aliphatic rings. The highest BCUT2D eigenvalue weighted by Crippen LogP contribution is 2.42. The number of halogens is 1. The molecule has 16 heavy (non-hydrogen) atoms. The lowest BCUT2D eigenvalue weighted by Crippen LogP contribution is -2.04. The molecule has 1 unspecified atom stereocenters. The van der Waals surface area contributed by atoms with Gasteiger partial charge in [0.05, 0.1) is 14.2 Å². The van der Waals surface area contributed by atoms with Crippen LogP contribution in [0, 0.1) is 6.92 Å². The predicted octanol–water partition coefficient (Wildman–Crippen LogP) is 2.76. The van der Waals surface area contributed by atoms with Crippen molar-refractivity contribution in [1.29, 1.82) is 0 Å². The first-order valence-corrected chi connectivity index (χ1v) is 5.46. The average molecular weight is 245 g/mol. The molecule has 4 heteroatoms. The molecule has 1 N–H and O–H groups in total. The number of aliphatic hydroxyl groups excluding tert-OH is 1. The number of hydrogen-bond donors (Lipinski definition) is 1. The summed E-state index contributed by atoms with van der Waals surface area (Å²) in [5.74, 6) is 1.18. The Morgan fingerprint density at radius 3 is 2.31 bits per heavy atom.